The van der Waals surface area contributed by atoms with E-state index in [-0.39, 0.29) is 24.7 Å². The number of rotatable bonds is 8. The molecule has 0 atom stereocenters. The average molecular weight is 394 g/mol. The summed E-state index contributed by atoms with van der Waals surface area (Å²) in [6, 6.07) is 6.69. The van der Waals surface area contributed by atoms with Gasteiger partial charge in [-0.15, -0.1) is 6.58 Å². The number of hydrogen-bond donors (Lipinski definition) is 1. The van der Waals surface area contributed by atoms with Crippen LogP contribution in [0.15, 0.2) is 52.3 Å². The Hall–Kier alpha value is -2.45. The van der Waals surface area contributed by atoms with Crippen molar-refractivity contribution in [1.29, 1.82) is 0 Å². The first-order valence-corrected chi connectivity index (χ1v) is 9.90. The number of nitrogens with zero attached hydrogens (tertiary/aromatic N) is 1. The van der Waals surface area contributed by atoms with Gasteiger partial charge in [-0.3, -0.25) is 4.79 Å². The molecular formula is C19H23FN2O4S. The van der Waals surface area contributed by atoms with E-state index in [1.807, 2.05) is 13.8 Å². The Morgan fingerprint density at radius 1 is 1.33 bits per heavy atom. The van der Waals surface area contributed by atoms with Crippen molar-refractivity contribution in [3.63, 3.8) is 0 Å². The van der Waals surface area contributed by atoms with Crippen molar-refractivity contribution < 1.29 is 22.0 Å². The number of carbonyl (C=O) groups is 1. The molecule has 2 rings (SSSR count). The highest BCUT2D eigenvalue weighted by Crippen LogP contribution is 2.20. The van der Waals surface area contributed by atoms with E-state index in [2.05, 4.69) is 11.3 Å². The number of furan rings is 1. The van der Waals surface area contributed by atoms with Crippen LogP contribution in [-0.4, -0.2) is 31.8 Å². The Labute approximate surface area is 158 Å². The van der Waals surface area contributed by atoms with Crippen LogP contribution in [0.4, 0.5) is 4.39 Å². The number of carbonyl (C=O) groups excluding carboxylic acids is 1. The van der Waals surface area contributed by atoms with Crippen molar-refractivity contribution in [2.24, 2.45) is 0 Å². The van der Waals surface area contributed by atoms with E-state index in [0.717, 1.165) is 17.9 Å². The minimum atomic E-state index is -4.10. The third kappa shape index (κ3) is 5.05. The zero-order valence-electron chi connectivity index (χ0n) is 15.5. The van der Waals surface area contributed by atoms with Gasteiger partial charge >= 0.3 is 0 Å². The van der Waals surface area contributed by atoms with E-state index < -0.39 is 26.6 Å². The molecule has 0 unspecified atom stereocenters. The van der Waals surface area contributed by atoms with Crippen molar-refractivity contribution in [3.8, 4) is 0 Å². The molecule has 0 saturated carbocycles. The summed E-state index contributed by atoms with van der Waals surface area (Å²) in [4.78, 5) is 13.9. The molecule has 0 fully saturated rings. The molecule has 27 heavy (non-hydrogen) atoms. The predicted molar refractivity (Wildman–Crippen MR) is 100 cm³/mol. The number of hydrogen-bond acceptors (Lipinski definition) is 4. The van der Waals surface area contributed by atoms with E-state index >= 15 is 0 Å². The largest absolute Gasteiger partial charge is 0.464 e. The summed E-state index contributed by atoms with van der Waals surface area (Å²) < 4.78 is 46.3. The van der Waals surface area contributed by atoms with Crippen molar-refractivity contribution in [2.75, 3.05) is 6.54 Å². The van der Waals surface area contributed by atoms with Gasteiger partial charge in [0.1, 0.15) is 22.2 Å². The molecule has 0 saturated heterocycles. The lowest BCUT2D eigenvalue weighted by Gasteiger charge is -2.26. The second-order valence-electron chi connectivity index (χ2n) is 6.32. The maximum absolute atomic E-state index is 14.1. The van der Waals surface area contributed by atoms with E-state index in [1.165, 1.54) is 17.0 Å². The predicted octanol–water partition coefficient (Wildman–Crippen LogP) is 3.24. The number of nitrogens with one attached hydrogen (secondary N) is 1. The average Bonchev–Trinajstić information content (AvgIpc) is 3.02. The smallest absolute Gasteiger partial charge is 0.254 e. The Bertz CT molecular complexity index is 935. The molecule has 2 aromatic rings. The Morgan fingerprint density at radius 3 is 2.59 bits per heavy atom. The maximum Gasteiger partial charge on any atom is 0.254 e. The summed E-state index contributed by atoms with van der Waals surface area (Å²) in [6.45, 7) is 9.07. The number of sulfonamides is 1. The fraction of sp³-hybridized carbons (Fsp3) is 0.316. The van der Waals surface area contributed by atoms with Crippen LogP contribution in [0.25, 0.3) is 0 Å². The molecular weight excluding hydrogens is 371 g/mol. The van der Waals surface area contributed by atoms with E-state index in [1.54, 1.807) is 19.1 Å². The Balaban J connectivity index is 2.36. The molecule has 0 aliphatic carbocycles. The fourth-order valence-corrected chi connectivity index (χ4v) is 3.58. The summed E-state index contributed by atoms with van der Waals surface area (Å²) in [5, 5.41) is 0. The summed E-state index contributed by atoms with van der Waals surface area (Å²) >= 11 is 0. The fourth-order valence-electron chi connectivity index (χ4n) is 2.48. The normalized spacial score (nSPS) is 11.6. The van der Waals surface area contributed by atoms with Crippen LogP contribution in [0, 0.1) is 12.7 Å². The first kappa shape index (κ1) is 20.9. The quantitative estimate of drug-likeness (QED) is 0.697. The van der Waals surface area contributed by atoms with E-state index in [0.29, 0.717) is 5.76 Å². The van der Waals surface area contributed by atoms with Gasteiger partial charge in [0.15, 0.2) is 0 Å². The van der Waals surface area contributed by atoms with Crippen molar-refractivity contribution >= 4 is 15.9 Å². The van der Waals surface area contributed by atoms with Gasteiger partial charge in [0.25, 0.3) is 5.91 Å². The van der Waals surface area contributed by atoms with Gasteiger partial charge in [0, 0.05) is 18.2 Å². The van der Waals surface area contributed by atoms with Gasteiger partial charge < -0.3 is 9.32 Å². The zero-order chi connectivity index (χ0) is 20.2. The second kappa shape index (κ2) is 8.49. The third-order valence-corrected chi connectivity index (χ3v) is 5.33. The van der Waals surface area contributed by atoms with Gasteiger partial charge in [-0.1, -0.05) is 6.08 Å². The van der Waals surface area contributed by atoms with Crippen LogP contribution in [-0.2, 0) is 16.6 Å². The van der Waals surface area contributed by atoms with E-state index in [9.17, 15) is 17.6 Å². The second-order valence-corrected chi connectivity index (χ2v) is 8.06. The lowest BCUT2D eigenvalue weighted by molar-refractivity contribution is 0.0675. The molecule has 0 radical (unpaired) electrons. The van der Waals surface area contributed by atoms with Gasteiger partial charge in [-0.25, -0.2) is 17.5 Å². The van der Waals surface area contributed by atoms with Crippen molar-refractivity contribution in [2.45, 2.75) is 38.3 Å². The molecule has 1 amide bonds. The Kier molecular flexibility index (Phi) is 6.56. The molecule has 1 N–H and O–H groups in total. The van der Waals surface area contributed by atoms with Crippen molar-refractivity contribution in [1.82, 2.24) is 9.62 Å². The molecule has 0 bridgehead atoms. The Morgan fingerprint density at radius 2 is 2.04 bits per heavy atom. The highest BCUT2D eigenvalue weighted by molar-refractivity contribution is 7.89. The highest BCUT2D eigenvalue weighted by atomic mass is 32.2. The summed E-state index contributed by atoms with van der Waals surface area (Å²) in [5.74, 6) is -0.0122. The highest BCUT2D eigenvalue weighted by Gasteiger charge is 2.24. The lowest BCUT2D eigenvalue weighted by Crippen LogP contribution is -2.36. The van der Waals surface area contributed by atoms with Gasteiger partial charge in [0.05, 0.1) is 6.54 Å². The minimum absolute atomic E-state index is 0.0457. The van der Waals surface area contributed by atoms with Crippen LogP contribution < -0.4 is 4.72 Å². The molecule has 146 valence electrons. The first-order valence-electron chi connectivity index (χ1n) is 8.42. The molecule has 6 nitrogen and oxygen atoms in total. The number of aryl methyl sites for hydroxylation is 1. The van der Waals surface area contributed by atoms with Crippen LogP contribution in [0.2, 0.25) is 0 Å². The molecule has 0 aliphatic heterocycles. The first-order chi connectivity index (χ1) is 12.7. The molecule has 1 heterocycles. The van der Waals surface area contributed by atoms with Gasteiger partial charge in [0.2, 0.25) is 10.0 Å². The molecule has 8 heteroatoms. The summed E-state index contributed by atoms with van der Waals surface area (Å²) in [7, 11) is -4.10. The lowest BCUT2D eigenvalue weighted by atomic mass is 10.1. The summed E-state index contributed by atoms with van der Waals surface area (Å²) in [5.41, 5.74) is 0.0763. The third-order valence-electron chi connectivity index (χ3n) is 3.89. The molecule has 0 aliphatic rings. The molecule has 1 aromatic carbocycles. The van der Waals surface area contributed by atoms with Crippen LogP contribution in [0.1, 0.15) is 35.7 Å². The summed E-state index contributed by atoms with van der Waals surface area (Å²) in [6.07, 6.45) is 1.34. The van der Waals surface area contributed by atoms with Crippen molar-refractivity contribution in [3.05, 3.63) is 65.9 Å². The zero-order valence-corrected chi connectivity index (χ0v) is 16.3. The SMILES string of the molecule is C=CCNS(=O)(=O)c1cc(C(=O)N(Cc2ccc(C)o2)C(C)C)ccc1F. The monoisotopic (exact) mass is 394 g/mol. The number of benzene rings is 1. The van der Waals surface area contributed by atoms with Crippen LogP contribution >= 0.6 is 0 Å². The molecule has 1 aromatic heterocycles. The van der Waals surface area contributed by atoms with Crippen LogP contribution in [0.5, 0.6) is 0 Å². The standard InChI is InChI=1S/C19H23FN2O4S/c1-5-10-21-27(24,25)18-11-15(7-9-17(18)20)19(23)22(13(2)3)12-16-8-6-14(4)26-16/h5-9,11,13,21H,1,10,12H2,2-4H3. The van der Waals surface area contributed by atoms with Crippen LogP contribution in [0.3, 0.4) is 0 Å². The topological polar surface area (TPSA) is 79.6 Å². The van der Waals surface area contributed by atoms with E-state index in [4.69, 9.17) is 4.42 Å². The van der Waals surface area contributed by atoms with Gasteiger partial charge in [-0.2, -0.15) is 0 Å². The number of halogens is 1. The number of amides is 1. The van der Waals surface area contributed by atoms with Gasteiger partial charge in [-0.05, 0) is 51.1 Å². The molecule has 0 spiro atoms. The maximum atomic E-state index is 14.1. The minimum Gasteiger partial charge on any atom is -0.464 e.